The summed E-state index contributed by atoms with van der Waals surface area (Å²) in [5, 5.41) is 0. The topological polar surface area (TPSA) is 85.1 Å². The Hall–Kier alpha value is -1.99. The molecule has 2 amide bonds. The van der Waals surface area contributed by atoms with Crippen LogP contribution < -0.4 is 15.2 Å². The molecule has 2 aliphatic heterocycles. The van der Waals surface area contributed by atoms with Gasteiger partial charge in [-0.05, 0) is 37.5 Å². The smallest absolute Gasteiger partial charge is 0.254 e. The van der Waals surface area contributed by atoms with E-state index in [1.54, 1.807) is 23.1 Å². The minimum Gasteiger partial charge on any atom is -0.454 e. The van der Waals surface area contributed by atoms with Gasteiger partial charge in [-0.1, -0.05) is 0 Å². The van der Waals surface area contributed by atoms with E-state index in [2.05, 4.69) is 0 Å². The standard InChI is InChI=1S/C18H23N3O4.ClH/c19-14-3-1-12(9-14)17(22)20-5-7-21(8-6-20)18(23)13-2-4-15-16(10-13)25-11-24-15;/h2,4,10,12,14H,1,3,5-9,11,19H2;1H. The van der Waals surface area contributed by atoms with Crippen LogP contribution in [-0.2, 0) is 4.79 Å². The van der Waals surface area contributed by atoms with E-state index in [1.807, 2.05) is 4.90 Å². The number of hydrogen-bond donors (Lipinski definition) is 1. The molecule has 26 heavy (non-hydrogen) atoms. The van der Waals surface area contributed by atoms with E-state index in [1.165, 1.54) is 0 Å². The lowest BCUT2D eigenvalue weighted by Crippen LogP contribution is -2.51. The van der Waals surface area contributed by atoms with Gasteiger partial charge in [0.15, 0.2) is 11.5 Å². The molecule has 1 aromatic rings. The van der Waals surface area contributed by atoms with Crippen molar-refractivity contribution in [2.45, 2.75) is 25.3 Å². The normalized spacial score (nSPS) is 24.3. The van der Waals surface area contributed by atoms with Crippen LogP contribution >= 0.6 is 12.4 Å². The van der Waals surface area contributed by atoms with Crippen LogP contribution in [0.25, 0.3) is 0 Å². The highest BCUT2D eigenvalue weighted by Crippen LogP contribution is 2.33. The Morgan fingerprint density at radius 3 is 2.38 bits per heavy atom. The van der Waals surface area contributed by atoms with Crippen LogP contribution in [0.2, 0.25) is 0 Å². The summed E-state index contributed by atoms with van der Waals surface area (Å²) in [5.41, 5.74) is 6.50. The van der Waals surface area contributed by atoms with E-state index >= 15 is 0 Å². The highest BCUT2D eigenvalue weighted by Gasteiger charge is 2.33. The summed E-state index contributed by atoms with van der Waals surface area (Å²) in [6, 6.07) is 5.40. The average Bonchev–Trinajstić information content (AvgIpc) is 3.28. The number of carbonyl (C=O) groups excluding carboxylic acids is 2. The van der Waals surface area contributed by atoms with Gasteiger partial charge in [0.05, 0.1) is 0 Å². The third-order valence-electron chi connectivity index (χ3n) is 5.32. The van der Waals surface area contributed by atoms with Gasteiger partial charge in [-0.2, -0.15) is 0 Å². The number of amides is 2. The molecule has 1 aliphatic carbocycles. The molecule has 7 nitrogen and oxygen atoms in total. The van der Waals surface area contributed by atoms with Gasteiger partial charge in [0.2, 0.25) is 12.7 Å². The van der Waals surface area contributed by atoms with E-state index < -0.39 is 0 Å². The molecule has 1 saturated carbocycles. The number of rotatable bonds is 2. The van der Waals surface area contributed by atoms with E-state index in [0.717, 1.165) is 19.3 Å². The lowest BCUT2D eigenvalue weighted by molar-refractivity contribution is -0.136. The van der Waals surface area contributed by atoms with Crippen molar-refractivity contribution >= 4 is 24.2 Å². The first-order valence-corrected chi connectivity index (χ1v) is 8.85. The summed E-state index contributed by atoms with van der Waals surface area (Å²) in [4.78, 5) is 28.9. The number of carbonyl (C=O) groups is 2. The summed E-state index contributed by atoms with van der Waals surface area (Å²) in [7, 11) is 0. The first-order chi connectivity index (χ1) is 12.1. The Labute approximate surface area is 158 Å². The van der Waals surface area contributed by atoms with Crippen LogP contribution in [-0.4, -0.2) is 60.6 Å². The Morgan fingerprint density at radius 1 is 1.00 bits per heavy atom. The number of nitrogens with zero attached hydrogens (tertiary/aromatic N) is 2. The van der Waals surface area contributed by atoms with Crippen LogP contribution in [0.5, 0.6) is 11.5 Å². The number of ether oxygens (including phenoxy) is 2. The van der Waals surface area contributed by atoms with E-state index in [4.69, 9.17) is 15.2 Å². The molecule has 1 saturated heterocycles. The largest absolute Gasteiger partial charge is 0.454 e. The molecule has 2 atom stereocenters. The van der Waals surface area contributed by atoms with Crippen LogP contribution in [0.1, 0.15) is 29.6 Å². The van der Waals surface area contributed by atoms with Crippen LogP contribution in [0, 0.1) is 5.92 Å². The summed E-state index contributed by atoms with van der Waals surface area (Å²) in [6.07, 6.45) is 2.60. The Balaban J connectivity index is 0.00000196. The molecule has 4 rings (SSSR count). The lowest BCUT2D eigenvalue weighted by Gasteiger charge is -2.36. The molecule has 8 heteroatoms. The number of piperazine rings is 1. The lowest BCUT2D eigenvalue weighted by atomic mass is 10.1. The third kappa shape index (κ3) is 3.59. The van der Waals surface area contributed by atoms with Crippen LogP contribution in [0.3, 0.4) is 0 Å². The SMILES string of the molecule is Cl.NC1CCC(C(=O)N2CCN(C(=O)c3ccc4c(c3)OCO4)CC2)C1. The zero-order chi connectivity index (χ0) is 17.4. The zero-order valence-corrected chi connectivity index (χ0v) is 15.4. The second-order valence-electron chi connectivity index (χ2n) is 6.96. The minimum atomic E-state index is -0.0340. The van der Waals surface area contributed by atoms with Crippen molar-refractivity contribution in [1.82, 2.24) is 9.80 Å². The predicted octanol–water partition coefficient (Wildman–Crippen LogP) is 1.25. The van der Waals surface area contributed by atoms with Crippen molar-refractivity contribution in [2.75, 3.05) is 33.0 Å². The van der Waals surface area contributed by atoms with Gasteiger partial charge in [-0.3, -0.25) is 9.59 Å². The second kappa shape index (κ2) is 7.72. The maximum atomic E-state index is 12.7. The molecular weight excluding hydrogens is 358 g/mol. The van der Waals surface area contributed by atoms with Gasteiger partial charge in [-0.25, -0.2) is 0 Å². The van der Waals surface area contributed by atoms with Crippen molar-refractivity contribution < 1.29 is 19.1 Å². The fraction of sp³-hybridized carbons (Fsp3) is 0.556. The van der Waals surface area contributed by atoms with Gasteiger partial charge in [0.1, 0.15) is 0 Å². The molecule has 0 spiro atoms. The molecule has 2 heterocycles. The molecule has 3 aliphatic rings. The number of nitrogens with two attached hydrogens (primary N) is 1. The number of fused-ring (bicyclic) bond motifs is 1. The molecule has 2 fully saturated rings. The molecule has 1 aromatic carbocycles. The summed E-state index contributed by atoms with van der Waals surface area (Å²) in [6.45, 7) is 2.47. The highest BCUT2D eigenvalue weighted by atomic mass is 35.5. The number of hydrogen-bond acceptors (Lipinski definition) is 5. The van der Waals surface area contributed by atoms with Gasteiger partial charge >= 0.3 is 0 Å². The van der Waals surface area contributed by atoms with Crippen LogP contribution in [0.4, 0.5) is 0 Å². The molecule has 142 valence electrons. The Kier molecular flexibility index (Phi) is 5.58. The molecule has 0 aromatic heterocycles. The molecule has 0 radical (unpaired) electrons. The summed E-state index contributed by atoms with van der Waals surface area (Å²) >= 11 is 0. The Morgan fingerprint density at radius 2 is 1.69 bits per heavy atom. The molecule has 0 bridgehead atoms. The summed E-state index contributed by atoms with van der Waals surface area (Å²) in [5.74, 6) is 1.50. The quantitative estimate of drug-likeness (QED) is 0.833. The van der Waals surface area contributed by atoms with Crippen molar-refractivity contribution in [2.24, 2.45) is 11.7 Å². The second-order valence-corrected chi connectivity index (χ2v) is 6.96. The molecule has 2 unspecified atom stereocenters. The molecular formula is C18H24ClN3O4. The average molecular weight is 382 g/mol. The van der Waals surface area contributed by atoms with E-state index in [-0.39, 0.29) is 43.0 Å². The maximum Gasteiger partial charge on any atom is 0.254 e. The zero-order valence-electron chi connectivity index (χ0n) is 14.6. The van der Waals surface area contributed by atoms with Gasteiger partial charge in [0.25, 0.3) is 5.91 Å². The Bertz CT molecular complexity index is 691. The van der Waals surface area contributed by atoms with Gasteiger partial charge in [0, 0.05) is 43.7 Å². The first kappa shape index (κ1) is 18.8. The monoisotopic (exact) mass is 381 g/mol. The maximum absolute atomic E-state index is 12.7. The summed E-state index contributed by atoms with van der Waals surface area (Å²) < 4.78 is 10.6. The van der Waals surface area contributed by atoms with E-state index in [9.17, 15) is 9.59 Å². The highest BCUT2D eigenvalue weighted by molar-refractivity contribution is 5.95. The third-order valence-corrected chi connectivity index (χ3v) is 5.32. The van der Waals surface area contributed by atoms with Crippen molar-refractivity contribution in [1.29, 1.82) is 0 Å². The first-order valence-electron chi connectivity index (χ1n) is 8.85. The number of halogens is 1. The van der Waals surface area contributed by atoms with Crippen molar-refractivity contribution in [3.05, 3.63) is 23.8 Å². The van der Waals surface area contributed by atoms with Gasteiger partial charge < -0.3 is 25.0 Å². The number of benzene rings is 1. The molecule has 2 N–H and O–H groups in total. The van der Waals surface area contributed by atoms with Crippen molar-refractivity contribution in [3.8, 4) is 11.5 Å². The predicted molar refractivity (Wildman–Crippen MR) is 97.6 cm³/mol. The fourth-order valence-electron chi connectivity index (χ4n) is 3.84. The van der Waals surface area contributed by atoms with E-state index in [0.29, 0.717) is 43.2 Å². The van der Waals surface area contributed by atoms with Gasteiger partial charge in [-0.15, -0.1) is 12.4 Å². The van der Waals surface area contributed by atoms with Crippen molar-refractivity contribution in [3.63, 3.8) is 0 Å². The van der Waals surface area contributed by atoms with Crippen LogP contribution in [0.15, 0.2) is 18.2 Å². The fourth-order valence-corrected chi connectivity index (χ4v) is 3.84. The minimum absolute atomic E-state index is 0.